The second-order valence-electron chi connectivity index (χ2n) is 6.26. The molecule has 0 radical (unpaired) electrons. The molecule has 29 heavy (non-hydrogen) atoms. The van der Waals surface area contributed by atoms with E-state index in [1.54, 1.807) is 31.4 Å². The van der Waals surface area contributed by atoms with Crippen LogP contribution in [0.3, 0.4) is 0 Å². The van der Waals surface area contributed by atoms with Gasteiger partial charge in [0.1, 0.15) is 22.8 Å². The second kappa shape index (κ2) is 7.42. The minimum absolute atomic E-state index is 0.0642. The topological polar surface area (TPSA) is 74.3 Å². The molecule has 148 valence electrons. The van der Waals surface area contributed by atoms with Gasteiger partial charge in [0, 0.05) is 24.4 Å². The molecule has 9 heteroatoms. The Morgan fingerprint density at radius 3 is 2.66 bits per heavy atom. The lowest BCUT2D eigenvalue weighted by Crippen LogP contribution is -2.14. The van der Waals surface area contributed by atoms with Gasteiger partial charge in [0.2, 0.25) is 0 Å². The Morgan fingerprint density at radius 1 is 1.24 bits per heavy atom. The number of methoxy groups -OCH3 is 1. The molecule has 0 N–H and O–H groups in total. The highest BCUT2D eigenvalue weighted by Gasteiger charge is 2.23. The van der Waals surface area contributed by atoms with Gasteiger partial charge in [-0.2, -0.15) is 5.10 Å². The summed E-state index contributed by atoms with van der Waals surface area (Å²) in [5.74, 6) is 0.778. The fourth-order valence-corrected chi connectivity index (χ4v) is 3.11. The monoisotopic (exact) mass is 397 g/mol. The number of nitrogens with zero attached hydrogens (tertiary/aromatic N) is 5. The van der Waals surface area contributed by atoms with Gasteiger partial charge in [-0.1, -0.05) is 6.92 Å². The van der Waals surface area contributed by atoms with E-state index in [2.05, 4.69) is 15.1 Å². The summed E-state index contributed by atoms with van der Waals surface area (Å²) in [6.45, 7) is 1.87. The molecule has 4 aromatic rings. The third kappa shape index (κ3) is 3.24. The molecular formula is C20H17F2N5O2. The third-order valence-corrected chi connectivity index (χ3v) is 4.59. The molecule has 7 nitrogen and oxygen atoms in total. The van der Waals surface area contributed by atoms with Crippen LogP contribution in [0.4, 0.5) is 8.78 Å². The summed E-state index contributed by atoms with van der Waals surface area (Å²) in [5.41, 5.74) is 0.767. The van der Waals surface area contributed by atoms with E-state index in [1.807, 2.05) is 6.92 Å². The van der Waals surface area contributed by atoms with Crippen LogP contribution in [0.1, 0.15) is 35.2 Å². The maximum absolute atomic E-state index is 13.7. The predicted molar refractivity (Wildman–Crippen MR) is 101 cm³/mol. The van der Waals surface area contributed by atoms with E-state index >= 15 is 0 Å². The summed E-state index contributed by atoms with van der Waals surface area (Å²) < 4.78 is 34.9. The lowest BCUT2D eigenvalue weighted by molar-refractivity contribution is 0.0958. The smallest absolute Gasteiger partial charge is 0.280 e. The number of carbonyl (C=O) groups excluding carboxylic acids is 1. The van der Waals surface area contributed by atoms with E-state index < -0.39 is 12.3 Å². The molecule has 0 bridgehead atoms. The first-order chi connectivity index (χ1) is 14.0. The van der Waals surface area contributed by atoms with Crippen LogP contribution in [0.2, 0.25) is 0 Å². The molecule has 4 rings (SSSR count). The summed E-state index contributed by atoms with van der Waals surface area (Å²) in [6, 6.07) is 8.14. The molecule has 0 fully saturated rings. The van der Waals surface area contributed by atoms with Crippen LogP contribution in [0.5, 0.6) is 5.75 Å². The number of halogens is 2. The molecule has 0 saturated carbocycles. The van der Waals surface area contributed by atoms with Gasteiger partial charge in [-0.15, -0.1) is 0 Å². The van der Waals surface area contributed by atoms with Crippen molar-refractivity contribution < 1.29 is 18.3 Å². The highest BCUT2D eigenvalue weighted by molar-refractivity contribution is 6.01. The maximum Gasteiger partial charge on any atom is 0.280 e. The Kier molecular flexibility index (Phi) is 4.79. The lowest BCUT2D eigenvalue weighted by Gasteiger charge is -2.09. The van der Waals surface area contributed by atoms with Crippen LogP contribution in [0, 0.1) is 0 Å². The van der Waals surface area contributed by atoms with Gasteiger partial charge in [0.05, 0.1) is 19.0 Å². The Hall–Kier alpha value is -3.62. The van der Waals surface area contributed by atoms with Gasteiger partial charge in [0.25, 0.3) is 12.3 Å². The van der Waals surface area contributed by atoms with Crippen LogP contribution in [-0.2, 0) is 6.42 Å². The van der Waals surface area contributed by atoms with E-state index in [0.717, 1.165) is 4.52 Å². The zero-order chi connectivity index (χ0) is 20.5. The summed E-state index contributed by atoms with van der Waals surface area (Å²) in [4.78, 5) is 21.6. The van der Waals surface area contributed by atoms with Crippen molar-refractivity contribution in [1.82, 2.24) is 24.1 Å². The summed E-state index contributed by atoms with van der Waals surface area (Å²) in [7, 11) is 1.54. The number of aryl methyl sites for hydroxylation is 1. The van der Waals surface area contributed by atoms with Crippen molar-refractivity contribution >= 4 is 11.6 Å². The van der Waals surface area contributed by atoms with Gasteiger partial charge in [-0.25, -0.2) is 23.3 Å². The first kappa shape index (κ1) is 18.7. The van der Waals surface area contributed by atoms with Crippen molar-refractivity contribution in [3.63, 3.8) is 0 Å². The normalized spacial score (nSPS) is 11.3. The number of hydrogen-bond donors (Lipinski definition) is 0. The largest absolute Gasteiger partial charge is 0.497 e. The second-order valence-corrected chi connectivity index (χ2v) is 6.26. The number of benzene rings is 1. The minimum atomic E-state index is -2.79. The molecule has 0 unspecified atom stereocenters. The molecule has 3 aromatic heterocycles. The lowest BCUT2D eigenvalue weighted by atomic mass is 10.1. The molecule has 3 heterocycles. The van der Waals surface area contributed by atoms with E-state index in [9.17, 15) is 13.6 Å². The van der Waals surface area contributed by atoms with Crippen molar-refractivity contribution in [2.45, 2.75) is 19.8 Å². The van der Waals surface area contributed by atoms with Crippen LogP contribution < -0.4 is 4.74 Å². The Balaban J connectivity index is 1.89. The maximum atomic E-state index is 13.7. The Morgan fingerprint density at radius 2 is 2.00 bits per heavy atom. The van der Waals surface area contributed by atoms with Crippen molar-refractivity contribution in [2.75, 3.05) is 7.11 Å². The summed E-state index contributed by atoms with van der Waals surface area (Å²) in [5, 5.41) is 3.99. The molecule has 1 aromatic carbocycles. The van der Waals surface area contributed by atoms with E-state index in [1.165, 1.54) is 29.2 Å². The SMILES string of the molecule is CCc1nccn1C(=O)c1cnn2c(C(F)F)cc(-c3ccc(OC)cc3)nc12. The van der Waals surface area contributed by atoms with E-state index in [4.69, 9.17) is 4.74 Å². The number of aromatic nitrogens is 5. The zero-order valence-corrected chi connectivity index (χ0v) is 15.7. The molecule has 0 aliphatic heterocycles. The van der Waals surface area contributed by atoms with Crippen LogP contribution in [0.15, 0.2) is 48.9 Å². The van der Waals surface area contributed by atoms with Crippen molar-refractivity contribution in [3.8, 4) is 17.0 Å². The number of hydrogen-bond acceptors (Lipinski definition) is 5. The Labute approximate surface area is 164 Å². The van der Waals surface area contributed by atoms with Crippen molar-refractivity contribution in [1.29, 1.82) is 0 Å². The molecule has 0 saturated heterocycles. The summed E-state index contributed by atoms with van der Waals surface area (Å²) in [6.07, 6.45) is 2.06. The zero-order valence-electron chi connectivity index (χ0n) is 15.7. The number of rotatable bonds is 5. The Bertz CT molecular complexity index is 1180. The van der Waals surface area contributed by atoms with Crippen LogP contribution in [-0.4, -0.2) is 37.2 Å². The highest BCUT2D eigenvalue weighted by Crippen LogP contribution is 2.28. The van der Waals surface area contributed by atoms with Crippen molar-refractivity contribution in [3.05, 3.63) is 66.0 Å². The summed E-state index contributed by atoms with van der Waals surface area (Å²) >= 11 is 0. The van der Waals surface area contributed by atoms with Gasteiger partial charge < -0.3 is 4.74 Å². The molecule has 0 aliphatic carbocycles. The molecule has 0 aliphatic rings. The minimum Gasteiger partial charge on any atom is -0.497 e. The standard InChI is InChI=1S/C20H17F2N5O2/c1-3-17-23-8-9-26(17)20(28)14-11-24-27-16(18(21)22)10-15(25-19(14)27)12-4-6-13(29-2)7-5-12/h4-11,18H,3H2,1-2H3. The number of carbonyl (C=O) groups is 1. The predicted octanol–water partition coefficient (Wildman–Crippen LogP) is 3.79. The van der Waals surface area contributed by atoms with Crippen LogP contribution in [0.25, 0.3) is 16.9 Å². The van der Waals surface area contributed by atoms with E-state index in [-0.39, 0.29) is 16.9 Å². The fraction of sp³-hybridized carbons (Fsp3) is 0.200. The first-order valence-electron chi connectivity index (χ1n) is 8.91. The first-order valence-corrected chi connectivity index (χ1v) is 8.91. The molecular weight excluding hydrogens is 380 g/mol. The molecule has 0 spiro atoms. The van der Waals surface area contributed by atoms with Gasteiger partial charge >= 0.3 is 0 Å². The van der Waals surface area contributed by atoms with Crippen molar-refractivity contribution in [2.24, 2.45) is 0 Å². The van der Waals surface area contributed by atoms with Gasteiger partial charge in [0.15, 0.2) is 5.65 Å². The quantitative estimate of drug-likeness (QED) is 0.512. The average Bonchev–Trinajstić information content (AvgIpc) is 3.39. The van der Waals surface area contributed by atoms with E-state index in [0.29, 0.717) is 29.3 Å². The third-order valence-electron chi connectivity index (χ3n) is 4.59. The number of imidazole rings is 1. The molecule has 0 amide bonds. The number of ether oxygens (including phenoxy) is 1. The van der Waals surface area contributed by atoms with Crippen LogP contribution >= 0.6 is 0 Å². The average molecular weight is 397 g/mol. The fourth-order valence-electron chi connectivity index (χ4n) is 3.11. The molecule has 0 atom stereocenters. The van der Waals surface area contributed by atoms with Gasteiger partial charge in [-0.3, -0.25) is 9.36 Å². The van der Waals surface area contributed by atoms with Gasteiger partial charge in [-0.05, 0) is 30.3 Å². The number of alkyl halides is 2. The number of fused-ring (bicyclic) bond motifs is 1. The highest BCUT2D eigenvalue weighted by atomic mass is 19.3.